The maximum atomic E-state index is 12.2. The number of rotatable bonds is 7. The van der Waals surface area contributed by atoms with E-state index >= 15 is 0 Å². The minimum absolute atomic E-state index is 0.116. The van der Waals surface area contributed by atoms with E-state index in [1.165, 1.54) is 0 Å². The average Bonchev–Trinajstić information content (AvgIpc) is 2.33. The first kappa shape index (κ1) is 15.9. The third-order valence-corrected chi connectivity index (χ3v) is 3.60. The van der Waals surface area contributed by atoms with Gasteiger partial charge in [0.25, 0.3) is 0 Å². The summed E-state index contributed by atoms with van der Waals surface area (Å²) in [5, 5.41) is 8.60. The van der Waals surface area contributed by atoms with Gasteiger partial charge in [-0.2, -0.15) is 0 Å². The molecule has 1 N–H and O–H groups in total. The molecule has 19 heavy (non-hydrogen) atoms. The number of carbonyl (C=O) groups is 2. The van der Waals surface area contributed by atoms with Crippen LogP contribution in [0.5, 0.6) is 0 Å². The first-order valence-electron chi connectivity index (χ1n) is 6.71. The second-order valence-electron chi connectivity index (χ2n) is 5.22. The summed E-state index contributed by atoms with van der Waals surface area (Å²) in [6, 6.07) is -0.179. The fourth-order valence-corrected chi connectivity index (χ4v) is 2.37. The number of aliphatic carboxylic acids is 1. The van der Waals surface area contributed by atoms with E-state index in [-0.39, 0.29) is 18.6 Å². The van der Waals surface area contributed by atoms with Gasteiger partial charge in [-0.05, 0) is 27.7 Å². The lowest BCUT2D eigenvalue weighted by atomic mass is 9.94. The monoisotopic (exact) mass is 272 g/mol. The molecule has 1 saturated heterocycles. The molecule has 1 unspecified atom stereocenters. The third kappa shape index (κ3) is 3.91. The van der Waals surface area contributed by atoms with Crippen LogP contribution in [-0.2, 0) is 14.3 Å². The number of hydrogen-bond donors (Lipinski definition) is 1. The van der Waals surface area contributed by atoms with Gasteiger partial charge in [0, 0.05) is 26.2 Å². The number of likely N-dealkylation sites (tertiary alicyclic amines) is 1. The minimum Gasteiger partial charge on any atom is -0.480 e. The Morgan fingerprint density at radius 1 is 1.37 bits per heavy atom. The standard InChI is InChI=1S/C13H24N2O4/c1-5-14(6-2)12(18)10(3)15-8-13(4,9-15)19-7-11(16)17/h10H,5-9H2,1-4H3,(H,16,17). The van der Waals surface area contributed by atoms with Crippen molar-refractivity contribution in [2.24, 2.45) is 0 Å². The minimum atomic E-state index is -0.966. The fraction of sp³-hybridized carbons (Fsp3) is 0.846. The van der Waals surface area contributed by atoms with Gasteiger partial charge in [0.15, 0.2) is 0 Å². The normalized spacial score (nSPS) is 19.6. The molecule has 1 rings (SSSR count). The second-order valence-corrected chi connectivity index (χ2v) is 5.22. The number of carbonyl (C=O) groups excluding carboxylic acids is 1. The van der Waals surface area contributed by atoms with Crippen LogP contribution < -0.4 is 0 Å². The van der Waals surface area contributed by atoms with Gasteiger partial charge in [-0.25, -0.2) is 4.79 Å². The smallest absolute Gasteiger partial charge is 0.329 e. The van der Waals surface area contributed by atoms with Gasteiger partial charge < -0.3 is 14.7 Å². The van der Waals surface area contributed by atoms with Crippen molar-refractivity contribution in [2.75, 3.05) is 32.8 Å². The van der Waals surface area contributed by atoms with E-state index in [2.05, 4.69) is 0 Å². The number of hydrogen-bond acceptors (Lipinski definition) is 4. The Kier molecular flexibility index (Phi) is 5.31. The molecule has 6 nitrogen and oxygen atoms in total. The first-order chi connectivity index (χ1) is 8.83. The van der Waals surface area contributed by atoms with Crippen LogP contribution in [0.25, 0.3) is 0 Å². The van der Waals surface area contributed by atoms with E-state index < -0.39 is 11.6 Å². The predicted octanol–water partition coefficient (Wildman–Crippen LogP) is 0.419. The molecule has 0 aromatic carbocycles. The zero-order valence-corrected chi connectivity index (χ0v) is 12.2. The molecule has 0 aromatic heterocycles. The van der Waals surface area contributed by atoms with Crippen LogP contribution in [0.4, 0.5) is 0 Å². The van der Waals surface area contributed by atoms with Crippen LogP contribution in [0.2, 0.25) is 0 Å². The average molecular weight is 272 g/mol. The van der Waals surface area contributed by atoms with Gasteiger partial charge in [-0.1, -0.05) is 0 Å². The Morgan fingerprint density at radius 2 is 1.89 bits per heavy atom. The first-order valence-corrected chi connectivity index (χ1v) is 6.71. The van der Waals surface area contributed by atoms with Gasteiger partial charge in [0.05, 0.1) is 11.6 Å². The van der Waals surface area contributed by atoms with E-state index in [1.807, 2.05) is 32.6 Å². The Bertz CT molecular complexity index is 336. The number of amides is 1. The maximum absolute atomic E-state index is 12.2. The van der Waals surface area contributed by atoms with Gasteiger partial charge in [0.2, 0.25) is 5.91 Å². The van der Waals surface area contributed by atoms with Crippen molar-refractivity contribution < 1.29 is 19.4 Å². The lowest BCUT2D eigenvalue weighted by molar-refractivity contribution is -0.173. The summed E-state index contributed by atoms with van der Waals surface area (Å²) in [4.78, 5) is 26.5. The number of likely N-dealkylation sites (N-methyl/N-ethyl adjacent to an activating group) is 1. The van der Waals surface area contributed by atoms with Crippen molar-refractivity contribution in [1.82, 2.24) is 9.80 Å². The molecular weight excluding hydrogens is 248 g/mol. The lowest BCUT2D eigenvalue weighted by Crippen LogP contribution is -2.66. The van der Waals surface area contributed by atoms with Crippen molar-refractivity contribution in [2.45, 2.75) is 39.3 Å². The van der Waals surface area contributed by atoms with Crippen LogP contribution in [0, 0.1) is 0 Å². The SMILES string of the molecule is CCN(CC)C(=O)C(C)N1CC(C)(OCC(=O)O)C1. The largest absolute Gasteiger partial charge is 0.480 e. The number of ether oxygens (including phenoxy) is 1. The highest BCUT2D eigenvalue weighted by atomic mass is 16.5. The second kappa shape index (κ2) is 6.34. The van der Waals surface area contributed by atoms with Crippen LogP contribution >= 0.6 is 0 Å². The van der Waals surface area contributed by atoms with Gasteiger partial charge in [-0.3, -0.25) is 9.69 Å². The Balaban J connectivity index is 2.44. The molecule has 1 aliphatic rings. The fourth-order valence-electron chi connectivity index (χ4n) is 2.37. The van der Waals surface area contributed by atoms with Crippen LogP contribution in [0.3, 0.4) is 0 Å². The molecule has 0 saturated carbocycles. The van der Waals surface area contributed by atoms with Crippen molar-refractivity contribution in [1.29, 1.82) is 0 Å². The zero-order chi connectivity index (χ0) is 14.6. The lowest BCUT2D eigenvalue weighted by Gasteiger charge is -2.50. The third-order valence-electron chi connectivity index (χ3n) is 3.60. The summed E-state index contributed by atoms with van der Waals surface area (Å²) < 4.78 is 5.33. The van der Waals surface area contributed by atoms with Crippen molar-refractivity contribution >= 4 is 11.9 Å². The molecule has 0 bridgehead atoms. The van der Waals surface area contributed by atoms with E-state index in [0.717, 1.165) is 0 Å². The molecule has 110 valence electrons. The zero-order valence-electron chi connectivity index (χ0n) is 12.2. The molecular formula is C13H24N2O4. The predicted molar refractivity (Wildman–Crippen MR) is 71.0 cm³/mol. The van der Waals surface area contributed by atoms with Crippen LogP contribution in [-0.4, -0.2) is 71.2 Å². The summed E-state index contributed by atoms with van der Waals surface area (Å²) in [5.41, 5.74) is -0.448. The number of carboxylic acid groups (broad SMARTS) is 1. The Hall–Kier alpha value is -1.14. The summed E-state index contributed by atoms with van der Waals surface area (Å²) >= 11 is 0. The van der Waals surface area contributed by atoms with E-state index in [0.29, 0.717) is 26.2 Å². The summed E-state index contributed by atoms with van der Waals surface area (Å²) in [6.45, 7) is 10.00. The van der Waals surface area contributed by atoms with Crippen molar-refractivity contribution in [3.05, 3.63) is 0 Å². The molecule has 0 spiro atoms. The van der Waals surface area contributed by atoms with Gasteiger partial charge >= 0.3 is 5.97 Å². The summed E-state index contributed by atoms with van der Waals surface area (Å²) in [6.07, 6.45) is 0. The molecule has 1 atom stereocenters. The summed E-state index contributed by atoms with van der Waals surface area (Å²) in [5.74, 6) is -0.850. The topological polar surface area (TPSA) is 70.1 Å². The quantitative estimate of drug-likeness (QED) is 0.727. The molecule has 1 heterocycles. The molecule has 0 aliphatic carbocycles. The maximum Gasteiger partial charge on any atom is 0.329 e. The number of carboxylic acids is 1. The van der Waals surface area contributed by atoms with Crippen molar-refractivity contribution in [3.63, 3.8) is 0 Å². The highest BCUT2D eigenvalue weighted by molar-refractivity contribution is 5.81. The number of nitrogens with zero attached hydrogens (tertiary/aromatic N) is 2. The van der Waals surface area contributed by atoms with Gasteiger partial charge in [0.1, 0.15) is 6.61 Å². The molecule has 0 aromatic rings. The molecule has 1 aliphatic heterocycles. The highest BCUT2D eigenvalue weighted by Gasteiger charge is 2.44. The van der Waals surface area contributed by atoms with Crippen LogP contribution in [0.15, 0.2) is 0 Å². The van der Waals surface area contributed by atoms with Crippen molar-refractivity contribution in [3.8, 4) is 0 Å². The Morgan fingerprint density at radius 3 is 2.32 bits per heavy atom. The molecule has 6 heteroatoms. The molecule has 0 radical (unpaired) electrons. The van der Waals surface area contributed by atoms with E-state index in [4.69, 9.17) is 9.84 Å². The van der Waals surface area contributed by atoms with Crippen LogP contribution in [0.1, 0.15) is 27.7 Å². The Labute approximate surface area is 114 Å². The van der Waals surface area contributed by atoms with E-state index in [9.17, 15) is 9.59 Å². The van der Waals surface area contributed by atoms with Gasteiger partial charge in [-0.15, -0.1) is 0 Å². The van der Waals surface area contributed by atoms with E-state index in [1.54, 1.807) is 4.90 Å². The molecule has 1 fully saturated rings. The summed E-state index contributed by atoms with van der Waals surface area (Å²) in [7, 11) is 0. The molecule has 1 amide bonds. The highest BCUT2D eigenvalue weighted by Crippen LogP contribution is 2.27.